The smallest absolute Gasteiger partial charge is 0.128 e. The fraction of sp³-hybridized carbons (Fsp3) is 0.714. The molecule has 3 aliphatic heterocycles. The zero-order valence-electron chi connectivity index (χ0n) is 10.6. The van der Waals surface area contributed by atoms with E-state index in [4.69, 9.17) is 21.1 Å². The van der Waals surface area contributed by atoms with Crippen LogP contribution in [0.5, 0.6) is 0 Å². The summed E-state index contributed by atoms with van der Waals surface area (Å²) < 4.78 is 13.3. The Hall–Kier alpha value is 0.01000. The predicted molar refractivity (Wildman–Crippen MR) is 75.8 cm³/mol. The molecule has 18 heavy (non-hydrogen) atoms. The third-order valence-corrected chi connectivity index (χ3v) is 5.65. The second kappa shape index (κ2) is 4.84. The summed E-state index contributed by atoms with van der Waals surface area (Å²) in [7, 11) is 0. The molecule has 0 aromatic heterocycles. The zero-order valence-corrected chi connectivity index (χ0v) is 12.9. The molecule has 0 saturated carbocycles. The van der Waals surface area contributed by atoms with Gasteiger partial charge < -0.3 is 9.47 Å². The molecule has 0 unspecified atom stereocenters. The van der Waals surface area contributed by atoms with E-state index in [2.05, 4.69) is 28.9 Å². The van der Waals surface area contributed by atoms with E-state index in [1.807, 2.05) is 13.0 Å². The van der Waals surface area contributed by atoms with Gasteiger partial charge in [0.25, 0.3) is 0 Å². The van der Waals surface area contributed by atoms with Crippen molar-refractivity contribution in [1.82, 2.24) is 0 Å². The Bertz CT molecular complexity index is 405. The highest BCUT2D eigenvalue weighted by atomic mass is 79.9. The van der Waals surface area contributed by atoms with Gasteiger partial charge in [-0.25, -0.2) is 0 Å². The van der Waals surface area contributed by atoms with Crippen molar-refractivity contribution in [2.24, 2.45) is 11.8 Å². The van der Waals surface area contributed by atoms with Gasteiger partial charge >= 0.3 is 0 Å². The summed E-state index contributed by atoms with van der Waals surface area (Å²) >= 11 is 10.2. The van der Waals surface area contributed by atoms with Crippen molar-refractivity contribution in [1.29, 1.82) is 0 Å². The summed E-state index contributed by atoms with van der Waals surface area (Å²) in [6.07, 6.45) is 6.77. The molecule has 3 saturated heterocycles. The Labute approximate surface area is 121 Å². The van der Waals surface area contributed by atoms with Gasteiger partial charge in [-0.3, -0.25) is 0 Å². The van der Waals surface area contributed by atoms with E-state index in [0.717, 1.165) is 18.6 Å². The van der Waals surface area contributed by atoms with Gasteiger partial charge in [0.2, 0.25) is 0 Å². The van der Waals surface area contributed by atoms with Gasteiger partial charge in [-0.15, -0.1) is 11.6 Å². The average Bonchev–Trinajstić information content (AvgIpc) is 2.95. The Morgan fingerprint density at radius 3 is 3.00 bits per heavy atom. The van der Waals surface area contributed by atoms with Crippen LogP contribution in [0.2, 0.25) is 0 Å². The van der Waals surface area contributed by atoms with E-state index in [1.54, 1.807) is 0 Å². The maximum Gasteiger partial charge on any atom is 0.128 e. The van der Waals surface area contributed by atoms with Crippen LogP contribution in [0.4, 0.5) is 0 Å². The summed E-state index contributed by atoms with van der Waals surface area (Å²) in [6, 6.07) is 0. The second-order valence-corrected chi connectivity index (χ2v) is 6.69. The number of hydrogen-bond acceptors (Lipinski definition) is 2. The van der Waals surface area contributed by atoms with E-state index < -0.39 is 0 Å². The van der Waals surface area contributed by atoms with Crippen molar-refractivity contribution in [2.75, 3.05) is 0 Å². The highest BCUT2D eigenvalue weighted by molar-refractivity contribution is 9.11. The average molecular weight is 334 g/mol. The molecule has 4 heteroatoms. The van der Waals surface area contributed by atoms with Crippen molar-refractivity contribution in [3.05, 3.63) is 22.4 Å². The highest BCUT2D eigenvalue weighted by Crippen LogP contribution is 2.56. The van der Waals surface area contributed by atoms with E-state index in [0.29, 0.717) is 11.8 Å². The first-order valence-corrected chi connectivity index (χ1v) is 7.87. The third-order valence-electron chi connectivity index (χ3n) is 4.26. The molecule has 3 heterocycles. The Kier molecular flexibility index (Phi) is 3.50. The first-order chi connectivity index (χ1) is 8.67. The largest absolute Gasteiger partial charge is 0.491 e. The van der Waals surface area contributed by atoms with Crippen LogP contribution in [-0.2, 0) is 9.47 Å². The molecule has 2 bridgehead atoms. The van der Waals surface area contributed by atoms with Crippen molar-refractivity contribution in [3.63, 3.8) is 0 Å². The number of alkyl halides is 1. The van der Waals surface area contributed by atoms with E-state index >= 15 is 0 Å². The van der Waals surface area contributed by atoms with Crippen LogP contribution in [0.25, 0.3) is 0 Å². The maximum absolute atomic E-state index is 6.53. The molecule has 0 spiro atoms. The van der Waals surface area contributed by atoms with E-state index in [9.17, 15) is 0 Å². The summed E-state index contributed by atoms with van der Waals surface area (Å²) in [5.74, 6) is 1.77. The normalized spacial score (nSPS) is 45.7. The number of halogens is 2. The van der Waals surface area contributed by atoms with Crippen LogP contribution in [-0.4, -0.2) is 23.7 Å². The van der Waals surface area contributed by atoms with Gasteiger partial charge in [0, 0.05) is 16.8 Å². The maximum atomic E-state index is 6.53. The number of fused-ring (bicyclic) bond motifs is 1. The molecule has 0 radical (unpaired) electrons. The molecule has 6 atom stereocenters. The molecule has 0 aromatic rings. The molecular weight excluding hydrogens is 316 g/mol. The lowest BCUT2D eigenvalue weighted by atomic mass is 9.77. The summed E-state index contributed by atoms with van der Waals surface area (Å²) in [5, 5.41) is 0.0322. The molecule has 3 fully saturated rings. The Balaban J connectivity index is 1.94. The van der Waals surface area contributed by atoms with Gasteiger partial charge in [0.1, 0.15) is 18.0 Å². The van der Waals surface area contributed by atoms with E-state index in [-0.39, 0.29) is 23.7 Å². The first-order valence-electron chi connectivity index (χ1n) is 6.64. The van der Waals surface area contributed by atoms with E-state index in [1.165, 1.54) is 4.48 Å². The minimum absolute atomic E-state index is 0.0322. The van der Waals surface area contributed by atoms with Crippen molar-refractivity contribution < 1.29 is 9.47 Å². The minimum atomic E-state index is 0.0322. The number of hydrogen-bond donors (Lipinski definition) is 0. The van der Waals surface area contributed by atoms with Crippen LogP contribution in [0, 0.1) is 11.8 Å². The lowest BCUT2D eigenvalue weighted by Gasteiger charge is -2.25. The lowest BCUT2D eigenvalue weighted by molar-refractivity contribution is 0.0690. The molecular formula is C14H18BrClO2. The van der Waals surface area contributed by atoms with Crippen molar-refractivity contribution in [2.45, 2.75) is 50.4 Å². The standard InChI is InChI=1S/C14H18BrClO2/c1-3-5-8(16)11-9-6-10-14(17-9)12(11)13(18-10)7(15)4-2/h3,5,8-12,14H,4,6H2,1-2H3/b5-3-,13-7+/t8-,9-,10-,11+,12-,14-/m1/s1. The molecule has 100 valence electrons. The van der Waals surface area contributed by atoms with Gasteiger partial charge in [0.15, 0.2) is 0 Å². The number of ether oxygens (including phenoxy) is 2. The fourth-order valence-corrected chi connectivity index (χ4v) is 4.36. The van der Waals surface area contributed by atoms with Crippen LogP contribution in [0.15, 0.2) is 22.4 Å². The molecule has 2 nitrogen and oxygen atoms in total. The molecule has 0 aromatic carbocycles. The third kappa shape index (κ3) is 1.78. The van der Waals surface area contributed by atoms with Crippen LogP contribution in [0.3, 0.4) is 0 Å². The summed E-state index contributed by atoms with van der Waals surface area (Å²) in [4.78, 5) is 0. The minimum Gasteiger partial charge on any atom is -0.491 e. The van der Waals surface area contributed by atoms with Gasteiger partial charge in [-0.05, 0) is 13.3 Å². The number of allylic oxidation sites excluding steroid dienone is 3. The molecule has 0 amide bonds. The van der Waals surface area contributed by atoms with Crippen molar-refractivity contribution >= 4 is 27.5 Å². The highest BCUT2D eigenvalue weighted by Gasteiger charge is 2.63. The molecule has 3 rings (SSSR count). The first kappa shape index (κ1) is 13.0. The summed E-state index contributed by atoms with van der Waals surface area (Å²) in [5.41, 5.74) is 0. The molecule has 0 N–H and O–H groups in total. The quantitative estimate of drug-likeness (QED) is 0.574. The van der Waals surface area contributed by atoms with Crippen LogP contribution >= 0.6 is 27.5 Å². The van der Waals surface area contributed by atoms with Gasteiger partial charge in [0.05, 0.1) is 17.4 Å². The fourth-order valence-electron chi connectivity index (χ4n) is 3.54. The molecule has 3 aliphatic rings. The molecule has 0 aliphatic carbocycles. The Morgan fingerprint density at radius 1 is 1.56 bits per heavy atom. The summed E-state index contributed by atoms with van der Waals surface area (Å²) in [6.45, 7) is 4.14. The topological polar surface area (TPSA) is 18.5 Å². The SMILES string of the molecule is C/C=C\[C@@H](Cl)[C@@H]1[C@@H]2/C(=C(\Br)CC)O[C@@H]3C[C@H]1O[C@@H]23. The van der Waals surface area contributed by atoms with Crippen LogP contribution < -0.4 is 0 Å². The van der Waals surface area contributed by atoms with Gasteiger partial charge in [-0.2, -0.15) is 0 Å². The zero-order chi connectivity index (χ0) is 12.9. The number of rotatable bonds is 3. The van der Waals surface area contributed by atoms with Crippen molar-refractivity contribution in [3.8, 4) is 0 Å². The monoisotopic (exact) mass is 332 g/mol. The second-order valence-electron chi connectivity index (χ2n) is 5.23. The van der Waals surface area contributed by atoms with Crippen LogP contribution in [0.1, 0.15) is 26.7 Å². The Morgan fingerprint density at radius 2 is 2.33 bits per heavy atom. The lowest BCUT2D eigenvalue weighted by Crippen LogP contribution is -2.34. The predicted octanol–water partition coefficient (Wildman–Crippen LogP) is 3.99. The van der Waals surface area contributed by atoms with Gasteiger partial charge in [-0.1, -0.05) is 35.0 Å².